The van der Waals surface area contributed by atoms with E-state index >= 15 is 0 Å². The van der Waals surface area contributed by atoms with E-state index in [1.165, 1.54) is 4.88 Å². The van der Waals surface area contributed by atoms with Crippen LogP contribution in [0.2, 0.25) is 0 Å². The first kappa shape index (κ1) is 12.4. The number of aromatic nitrogens is 2. The Morgan fingerprint density at radius 1 is 1.18 bits per heavy atom. The highest BCUT2D eigenvalue weighted by Gasteiger charge is 2.11. The van der Waals surface area contributed by atoms with Crippen LogP contribution in [0.3, 0.4) is 0 Å². The van der Waals surface area contributed by atoms with Crippen LogP contribution >= 0.6 is 22.7 Å². The summed E-state index contributed by atoms with van der Waals surface area (Å²) in [5.74, 6) is 0.188. The molecule has 5 heteroatoms. The third-order valence-corrected chi connectivity index (χ3v) is 4.48. The summed E-state index contributed by atoms with van der Waals surface area (Å²) < 4.78 is 0. The van der Waals surface area contributed by atoms with Crippen molar-refractivity contribution in [2.75, 3.05) is 0 Å². The average molecular weight is 266 g/mol. The van der Waals surface area contributed by atoms with E-state index in [2.05, 4.69) is 9.97 Å². The van der Waals surface area contributed by atoms with Gasteiger partial charge in [0.1, 0.15) is 15.8 Å². The Morgan fingerprint density at radius 2 is 1.88 bits per heavy atom. The van der Waals surface area contributed by atoms with Crippen LogP contribution in [0, 0.1) is 20.8 Å². The number of thiazole rings is 2. The molecule has 2 aromatic heterocycles. The molecule has 90 valence electrons. The average Bonchev–Trinajstić information content (AvgIpc) is 2.75. The van der Waals surface area contributed by atoms with Gasteiger partial charge in [-0.2, -0.15) is 0 Å². The minimum absolute atomic E-state index is 0.188. The van der Waals surface area contributed by atoms with Crippen molar-refractivity contribution in [1.29, 1.82) is 0 Å². The fourth-order valence-corrected chi connectivity index (χ4v) is 3.26. The van der Waals surface area contributed by atoms with Crippen molar-refractivity contribution in [3.05, 3.63) is 31.7 Å². The number of carbonyl (C=O) groups excluding carboxylic acids is 1. The zero-order valence-corrected chi connectivity index (χ0v) is 11.7. The number of nitrogens with zero attached hydrogens (tertiary/aromatic N) is 2. The zero-order chi connectivity index (χ0) is 12.4. The third-order valence-electron chi connectivity index (χ3n) is 2.44. The molecule has 0 saturated carbocycles. The highest BCUT2D eigenvalue weighted by molar-refractivity contribution is 7.11. The molecular formula is C12H14N2OS2. The molecule has 0 aliphatic rings. The van der Waals surface area contributed by atoms with E-state index < -0.39 is 0 Å². The zero-order valence-electron chi connectivity index (χ0n) is 10.1. The molecule has 0 atom stereocenters. The maximum atomic E-state index is 11.8. The van der Waals surface area contributed by atoms with Crippen LogP contribution in [0.15, 0.2) is 5.38 Å². The van der Waals surface area contributed by atoms with Crippen LogP contribution < -0.4 is 0 Å². The molecule has 0 unspecified atom stereocenters. The molecule has 2 heterocycles. The minimum Gasteiger partial charge on any atom is -0.299 e. The van der Waals surface area contributed by atoms with Crippen LogP contribution in [0.4, 0.5) is 0 Å². The van der Waals surface area contributed by atoms with Crippen LogP contribution in [-0.4, -0.2) is 15.8 Å². The largest absolute Gasteiger partial charge is 0.299 e. The summed E-state index contributed by atoms with van der Waals surface area (Å²) in [7, 11) is 0. The summed E-state index contributed by atoms with van der Waals surface area (Å²) in [6.45, 7) is 5.95. The quantitative estimate of drug-likeness (QED) is 0.854. The fraction of sp³-hybridized carbons (Fsp3) is 0.417. The van der Waals surface area contributed by atoms with Gasteiger partial charge in [-0.05, 0) is 20.8 Å². The normalized spacial score (nSPS) is 10.8. The first-order valence-electron chi connectivity index (χ1n) is 5.40. The van der Waals surface area contributed by atoms with E-state index in [0.29, 0.717) is 12.8 Å². The number of Topliss-reactive ketones (excluding diaryl/α,β-unsaturated/α-hetero) is 1. The molecule has 2 rings (SSSR count). The number of carbonyl (C=O) groups is 1. The second-order valence-electron chi connectivity index (χ2n) is 4.02. The van der Waals surface area contributed by atoms with Crippen molar-refractivity contribution in [1.82, 2.24) is 9.97 Å². The maximum absolute atomic E-state index is 11.8. The Morgan fingerprint density at radius 3 is 2.41 bits per heavy atom. The van der Waals surface area contributed by atoms with E-state index in [1.54, 1.807) is 22.7 Å². The molecular weight excluding hydrogens is 252 g/mol. The first-order valence-corrected chi connectivity index (χ1v) is 7.10. The van der Waals surface area contributed by atoms with Gasteiger partial charge < -0.3 is 0 Å². The standard InChI is InChI=1S/C12H14N2OS2/c1-7-6-16-11(13-7)4-10(15)5-12-14-8(2)9(3)17-12/h6H,4-5H2,1-3H3. The van der Waals surface area contributed by atoms with Crippen molar-refractivity contribution in [2.24, 2.45) is 0 Å². The number of rotatable bonds is 4. The lowest BCUT2D eigenvalue weighted by Crippen LogP contribution is -2.06. The van der Waals surface area contributed by atoms with Crippen molar-refractivity contribution >= 4 is 28.5 Å². The van der Waals surface area contributed by atoms with Crippen molar-refractivity contribution in [3.63, 3.8) is 0 Å². The number of hydrogen-bond acceptors (Lipinski definition) is 5. The van der Waals surface area contributed by atoms with Crippen molar-refractivity contribution < 1.29 is 4.79 Å². The maximum Gasteiger partial charge on any atom is 0.146 e. The lowest BCUT2D eigenvalue weighted by Gasteiger charge is -1.94. The lowest BCUT2D eigenvalue weighted by atomic mass is 10.2. The predicted octanol–water partition coefficient (Wildman–Crippen LogP) is 2.88. The SMILES string of the molecule is Cc1csc(CC(=O)Cc2nc(C)c(C)s2)n1. The molecule has 0 aliphatic heterocycles. The molecule has 0 fully saturated rings. The predicted molar refractivity (Wildman–Crippen MR) is 70.9 cm³/mol. The molecule has 3 nitrogen and oxygen atoms in total. The van der Waals surface area contributed by atoms with E-state index in [4.69, 9.17) is 0 Å². The van der Waals surface area contributed by atoms with Crippen LogP contribution in [0.25, 0.3) is 0 Å². The summed E-state index contributed by atoms with van der Waals surface area (Å²) in [6.07, 6.45) is 0.855. The summed E-state index contributed by atoms with van der Waals surface area (Å²) in [6, 6.07) is 0. The van der Waals surface area contributed by atoms with Gasteiger partial charge in [0.05, 0.1) is 18.5 Å². The Hall–Kier alpha value is -1.07. The summed E-state index contributed by atoms with van der Waals surface area (Å²) in [5.41, 5.74) is 2.02. The second-order valence-corrected chi connectivity index (χ2v) is 6.25. The van der Waals surface area contributed by atoms with Gasteiger partial charge in [0.25, 0.3) is 0 Å². The van der Waals surface area contributed by atoms with E-state index in [9.17, 15) is 4.79 Å². The smallest absolute Gasteiger partial charge is 0.146 e. The van der Waals surface area contributed by atoms with Gasteiger partial charge in [0.2, 0.25) is 0 Å². The van der Waals surface area contributed by atoms with Crippen molar-refractivity contribution in [3.8, 4) is 0 Å². The number of ketones is 1. The number of hydrogen-bond donors (Lipinski definition) is 0. The molecule has 0 N–H and O–H groups in total. The highest BCUT2D eigenvalue weighted by atomic mass is 32.1. The molecule has 0 radical (unpaired) electrons. The lowest BCUT2D eigenvalue weighted by molar-refractivity contribution is -0.117. The van der Waals surface area contributed by atoms with Crippen LogP contribution in [0.5, 0.6) is 0 Å². The van der Waals surface area contributed by atoms with Gasteiger partial charge >= 0.3 is 0 Å². The second kappa shape index (κ2) is 5.06. The summed E-state index contributed by atoms with van der Waals surface area (Å²) >= 11 is 3.16. The molecule has 0 aromatic carbocycles. The topological polar surface area (TPSA) is 42.9 Å². The van der Waals surface area contributed by atoms with Crippen LogP contribution in [-0.2, 0) is 17.6 Å². The van der Waals surface area contributed by atoms with E-state index in [1.807, 2.05) is 26.2 Å². The molecule has 0 bridgehead atoms. The number of aryl methyl sites for hydroxylation is 3. The van der Waals surface area contributed by atoms with Gasteiger partial charge in [-0.25, -0.2) is 9.97 Å². The first-order chi connectivity index (χ1) is 8.04. The Balaban J connectivity index is 1.97. The van der Waals surface area contributed by atoms with Gasteiger partial charge in [0, 0.05) is 16.0 Å². The molecule has 0 aliphatic carbocycles. The monoisotopic (exact) mass is 266 g/mol. The van der Waals surface area contributed by atoms with Gasteiger partial charge in [0.15, 0.2) is 0 Å². The fourth-order valence-electron chi connectivity index (χ4n) is 1.50. The molecule has 0 spiro atoms. The van der Waals surface area contributed by atoms with Crippen molar-refractivity contribution in [2.45, 2.75) is 33.6 Å². The Bertz CT molecular complexity index is 523. The summed E-state index contributed by atoms with van der Waals surface area (Å²) in [4.78, 5) is 21.7. The van der Waals surface area contributed by atoms with Crippen LogP contribution in [0.1, 0.15) is 26.3 Å². The summed E-state index contributed by atoms with van der Waals surface area (Å²) in [5, 5.41) is 3.79. The van der Waals surface area contributed by atoms with Gasteiger partial charge in [-0.1, -0.05) is 0 Å². The minimum atomic E-state index is 0.188. The molecule has 2 aromatic rings. The molecule has 0 amide bonds. The Labute approximate surface area is 109 Å². The molecule has 17 heavy (non-hydrogen) atoms. The Kier molecular flexibility index (Phi) is 3.69. The molecule has 0 saturated heterocycles. The van der Waals surface area contributed by atoms with E-state index in [0.717, 1.165) is 21.4 Å². The highest BCUT2D eigenvalue weighted by Crippen LogP contribution is 2.18. The third kappa shape index (κ3) is 3.20. The van der Waals surface area contributed by atoms with E-state index in [-0.39, 0.29) is 5.78 Å². The van der Waals surface area contributed by atoms with Gasteiger partial charge in [-0.3, -0.25) is 4.79 Å². The van der Waals surface area contributed by atoms with Gasteiger partial charge in [-0.15, -0.1) is 22.7 Å².